The number of rotatable bonds is 3. The van der Waals surface area contributed by atoms with Gasteiger partial charge in [0.05, 0.1) is 6.10 Å². The lowest BCUT2D eigenvalue weighted by Crippen LogP contribution is -2.57. The topological polar surface area (TPSA) is 112 Å². The van der Waals surface area contributed by atoms with Crippen molar-refractivity contribution in [2.75, 3.05) is 6.54 Å². The highest BCUT2D eigenvalue weighted by Gasteiger charge is 2.49. The van der Waals surface area contributed by atoms with Gasteiger partial charge in [0.15, 0.2) is 5.17 Å². The van der Waals surface area contributed by atoms with Crippen molar-refractivity contribution in [1.82, 2.24) is 5.01 Å². The summed E-state index contributed by atoms with van der Waals surface area (Å²) in [4.78, 5) is 4.32. The minimum absolute atomic E-state index is 0.420. The molecule has 0 aromatic heterocycles. The normalized spacial score (nSPS) is 39.7. The molecule has 5 N–H and O–H groups in total. The molecule has 0 aromatic rings. The summed E-state index contributed by atoms with van der Waals surface area (Å²) in [5.74, 6) is 5.85. The first kappa shape index (κ1) is 15.0. The van der Waals surface area contributed by atoms with E-state index in [1.165, 1.54) is 23.7 Å². The molecule has 1 saturated heterocycles. The van der Waals surface area contributed by atoms with Crippen molar-refractivity contribution in [3.8, 4) is 0 Å². The second-order valence-corrected chi connectivity index (χ2v) is 5.97. The van der Waals surface area contributed by atoms with E-state index in [1.807, 2.05) is 6.92 Å². The van der Waals surface area contributed by atoms with Gasteiger partial charge in [0.1, 0.15) is 29.8 Å². The fraction of sp³-hybridized carbons (Fsp3) is 0.909. The Morgan fingerprint density at radius 3 is 2.74 bits per heavy atom. The molecule has 0 spiro atoms. The molecule has 0 aliphatic carbocycles. The quantitative estimate of drug-likeness (QED) is 0.384. The maximum absolute atomic E-state index is 10.1. The first-order valence-electron chi connectivity index (χ1n) is 6.42. The highest BCUT2D eigenvalue weighted by Crippen LogP contribution is 2.37. The van der Waals surface area contributed by atoms with Gasteiger partial charge < -0.3 is 20.1 Å². The molecule has 0 radical (unpaired) electrons. The van der Waals surface area contributed by atoms with Crippen molar-refractivity contribution < 1.29 is 20.1 Å². The summed E-state index contributed by atoms with van der Waals surface area (Å²) in [5, 5.41) is 31.7. The molecule has 0 unspecified atom stereocenters. The second kappa shape index (κ2) is 5.94. The van der Waals surface area contributed by atoms with Crippen LogP contribution in [-0.2, 0) is 4.74 Å². The number of aliphatic hydroxyl groups is 3. The largest absolute Gasteiger partial charge is 0.391 e. The SMILES string of the molecule is CCCN(N)C1=N[C@@H]2[C@@H](O)[C@H](O)[C@@H]([C@H](C)O)O[C@@H]2S1. The van der Waals surface area contributed by atoms with Gasteiger partial charge in [-0.25, -0.2) is 5.84 Å². The first-order chi connectivity index (χ1) is 8.95. The van der Waals surface area contributed by atoms with E-state index in [9.17, 15) is 15.3 Å². The average molecular weight is 291 g/mol. The Labute approximate surface area is 116 Å². The van der Waals surface area contributed by atoms with Gasteiger partial charge in [-0.2, -0.15) is 0 Å². The zero-order valence-corrected chi connectivity index (χ0v) is 11.8. The van der Waals surface area contributed by atoms with E-state index in [-0.39, 0.29) is 0 Å². The predicted molar refractivity (Wildman–Crippen MR) is 72.4 cm³/mol. The van der Waals surface area contributed by atoms with Gasteiger partial charge in [0, 0.05) is 6.54 Å². The summed E-state index contributed by atoms with van der Waals surface area (Å²) < 4.78 is 5.62. The van der Waals surface area contributed by atoms with E-state index in [0.717, 1.165) is 6.42 Å². The van der Waals surface area contributed by atoms with E-state index >= 15 is 0 Å². The second-order valence-electron chi connectivity index (χ2n) is 4.90. The minimum Gasteiger partial charge on any atom is -0.391 e. The molecule has 19 heavy (non-hydrogen) atoms. The Morgan fingerprint density at radius 2 is 2.16 bits per heavy atom. The van der Waals surface area contributed by atoms with Gasteiger partial charge in [-0.15, -0.1) is 0 Å². The lowest BCUT2D eigenvalue weighted by Gasteiger charge is -2.39. The number of ether oxygens (including phenoxy) is 1. The van der Waals surface area contributed by atoms with Crippen LogP contribution in [0.3, 0.4) is 0 Å². The van der Waals surface area contributed by atoms with Crippen molar-refractivity contribution in [2.45, 2.75) is 56.2 Å². The summed E-state index contributed by atoms with van der Waals surface area (Å²) in [6.45, 7) is 4.18. The first-order valence-corrected chi connectivity index (χ1v) is 7.30. The zero-order chi connectivity index (χ0) is 14.2. The van der Waals surface area contributed by atoms with E-state index in [1.54, 1.807) is 0 Å². The smallest absolute Gasteiger partial charge is 0.176 e. The fourth-order valence-electron chi connectivity index (χ4n) is 2.25. The van der Waals surface area contributed by atoms with E-state index in [4.69, 9.17) is 10.6 Å². The highest BCUT2D eigenvalue weighted by molar-refractivity contribution is 8.14. The molecule has 2 aliphatic rings. The van der Waals surface area contributed by atoms with E-state index in [2.05, 4.69) is 4.99 Å². The lowest BCUT2D eigenvalue weighted by molar-refractivity contribution is -0.181. The van der Waals surface area contributed by atoms with Crippen LogP contribution in [0.5, 0.6) is 0 Å². The molecule has 2 heterocycles. The van der Waals surface area contributed by atoms with Crippen molar-refractivity contribution in [3.63, 3.8) is 0 Å². The number of amidine groups is 1. The zero-order valence-electron chi connectivity index (χ0n) is 11.0. The third kappa shape index (κ3) is 2.88. The third-order valence-corrected chi connectivity index (χ3v) is 4.45. The Kier molecular flexibility index (Phi) is 4.70. The molecule has 2 rings (SSSR count). The van der Waals surface area contributed by atoms with Crippen LogP contribution in [-0.4, -0.2) is 67.9 Å². The molecule has 8 heteroatoms. The average Bonchev–Trinajstić information content (AvgIpc) is 2.78. The number of hydrazine groups is 1. The van der Waals surface area contributed by atoms with Gasteiger partial charge >= 0.3 is 0 Å². The molecule has 2 aliphatic heterocycles. The summed E-state index contributed by atoms with van der Waals surface area (Å²) in [5.41, 5.74) is -0.420. The van der Waals surface area contributed by atoms with E-state index in [0.29, 0.717) is 11.7 Å². The van der Waals surface area contributed by atoms with Crippen LogP contribution < -0.4 is 5.84 Å². The maximum Gasteiger partial charge on any atom is 0.176 e. The molecule has 110 valence electrons. The molecular weight excluding hydrogens is 270 g/mol. The Morgan fingerprint density at radius 1 is 1.47 bits per heavy atom. The van der Waals surface area contributed by atoms with Crippen LogP contribution in [0, 0.1) is 0 Å². The number of hydrogen-bond donors (Lipinski definition) is 4. The number of fused-ring (bicyclic) bond motifs is 1. The number of aliphatic hydroxyl groups excluding tert-OH is 3. The number of aliphatic imine (C=N–C) groups is 1. The van der Waals surface area contributed by atoms with Crippen LogP contribution in [0.15, 0.2) is 4.99 Å². The number of hydrogen-bond acceptors (Lipinski definition) is 8. The molecule has 0 saturated carbocycles. The highest BCUT2D eigenvalue weighted by atomic mass is 32.2. The van der Waals surface area contributed by atoms with Crippen molar-refractivity contribution >= 4 is 16.9 Å². The Balaban J connectivity index is 2.10. The van der Waals surface area contributed by atoms with Crippen LogP contribution in [0.4, 0.5) is 0 Å². The Bertz CT molecular complexity index is 355. The summed E-state index contributed by atoms with van der Waals surface area (Å²) >= 11 is 1.32. The van der Waals surface area contributed by atoms with Crippen molar-refractivity contribution in [2.24, 2.45) is 10.8 Å². The van der Waals surface area contributed by atoms with Crippen LogP contribution >= 0.6 is 11.8 Å². The van der Waals surface area contributed by atoms with Crippen molar-refractivity contribution in [3.05, 3.63) is 0 Å². The predicted octanol–water partition coefficient (Wildman–Crippen LogP) is -1.13. The molecule has 0 aromatic carbocycles. The molecular formula is C11H21N3O4S. The number of nitrogens with zero attached hydrogens (tertiary/aromatic N) is 2. The summed E-state index contributed by atoms with van der Waals surface area (Å²) in [6, 6.07) is -0.548. The van der Waals surface area contributed by atoms with Gasteiger partial charge in [-0.1, -0.05) is 18.7 Å². The molecule has 6 atom stereocenters. The van der Waals surface area contributed by atoms with Gasteiger partial charge in [0.2, 0.25) is 0 Å². The fourth-order valence-corrected chi connectivity index (χ4v) is 3.41. The lowest BCUT2D eigenvalue weighted by atomic mass is 9.95. The van der Waals surface area contributed by atoms with Crippen LogP contribution in [0.2, 0.25) is 0 Å². The monoisotopic (exact) mass is 291 g/mol. The number of nitrogens with two attached hydrogens (primary N) is 1. The molecule has 0 amide bonds. The minimum atomic E-state index is -1.15. The van der Waals surface area contributed by atoms with E-state index < -0.39 is 35.9 Å². The van der Waals surface area contributed by atoms with Crippen molar-refractivity contribution in [1.29, 1.82) is 0 Å². The number of thioether (sulfide) groups is 1. The van der Waals surface area contributed by atoms with Gasteiger partial charge in [0.25, 0.3) is 0 Å². The van der Waals surface area contributed by atoms with Crippen LogP contribution in [0.25, 0.3) is 0 Å². The standard InChI is InChI=1S/C11H21N3O4S/c1-3-4-14(12)11-13-6-7(16)8(17)9(5(2)15)18-10(6)19-11/h5-10,15-17H,3-4,12H2,1-2H3/t5-,6+,7+,8-,9+,10+/m0/s1. The molecule has 7 nitrogen and oxygen atoms in total. The maximum atomic E-state index is 10.1. The molecule has 1 fully saturated rings. The third-order valence-electron chi connectivity index (χ3n) is 3.27. The molecule has 0 bridgehead atoms. The van der Waals surface area contributed by atoms with Crippen LogP contribution in [0.1, 0.15) is 20.3 Å². The van der Waals surface area contributed by atoms with Gasteiger partial charge in [-0.3, -0.25) is 10.0 Å². The summed E-state index contributed by atoms with van der Waals surface area (Å²) in [7, 11) is 0. The Hall–Kier alpha value is -0.380. The van der Waals surface area contributed by atoms with Gasteiger partial charge in [-0.05, 0) is 13.3 Å². The summed E-state index contributed by atoms with van der Waals surface area (Å²) in [6.07, 6.45) is -3.00.